The van der Waals surface area contributed by atoms with Crippen LogP contribution in [-0.4, -0.2) is 47.1 Å². The fourth-order valence-electron chi connectivity index (χ4n) is 0. The predicted molar refractivity (Wildman–Crippen MR) is 11.6 cm³/mol. The van der Waals surface area contributed by atoms with E-state index >= 15 is 0 Å². The summed E-state index contributed by atoms with van der Waals surface area (Å²) in [6.07, 6.45) is 0. The van der Waals surface area contributed by atoms with Gasteiger partial charge in [-0.25, -0.2) is 0 Å². The van der Waals surface area contributed by atoms with E-state index in [-0.39, 0.29) is 42.0 Å². The Labute approximate surface area is 90.1 Å². The molecule has 0 saturated heterocycles. The Bertz CT molecular complexity index is 6.00. The molecule has 0 aliphatic heterocycles. The zero-order valence-corrected chi connectivity index (χ0v) is 9.39. The molecule has 0 unspecified atom stereocenters. The van der Waals surface area contributed by atoms with Crippen LogP contribution in [0.4, 0.5) is 0 Å². The van der Waals surface area contributed by atoms with Gasteiger partial charge in [-0.3, -0.25) is 0 Å². The van der Waals surface area contributed by atoms with Crippen LogP contribution in [0.2, 0.25) is 0 Å². The zero-order chi connectivity index (χ0) is 2.00. The topological polar surface area (TPSA) is 0 Å². The molecular formula is Cl2KNa. The van der Waals surface area contributed by atoms with Crippen molar-refractivity contribution in [2.45, 2.75) is 0 Å². The first-order valence-electron chi connectivity index (χ1n) is 0.378. The Morgan fingerprint density at radius 1 is 1.25 bits per heavy atom. The molecule has 0 N–H and O–H groups in total. The standard InChI is InChI=1S/2ClH.K.Na/h2*1H;;/q;;2*+1/p-2. The maximum absolute atomic E-state index is 4.83. The third-order valence-corrected chi connectivity index (χ3v) is 0. The van der Waals surface area contributed by atoms with E-state index < -0.39 is 0 Å². The van der Waals surface area contributed by atoms with E-state index in [2.05, 4.69) is 0 Å². The SMILES string of the molecule is [Cl-].[Cl][K].[Na+]. The molecule has 0 saturated carbocycles. The molecule has 0 radical (unpaired) electrons. The monoisotopic (exact) mass is 132 g/mol. The number of hydrogen-bond donors (Lipinski definition) is 0. The first kappa shape index (κ1) is 15.7. The van der Waals surface area contributed by atoms with Crippen molar-refractivity contribution in [1.29, 1.82) is 0 Å². The average Bonchev–Trinajstić information content (AvgIpc) is 1.00. The summed E-state index contributed by atoms with van der Waals surface area (Å²) in [5.41, 5.74) is 0. The zero-order valence-electron chi connectivity index (χ0n) is 2.76. The van der Waals surface area contributed by atoms with E-state index in [1.165, 1.54) is 0 Å². The molecule has 0 aromatic rings. The summed E-state index contributed by atoms with van der Waals surface area (Å²) in [6.45, 7) is 0. The van der Waals surface area contributed by atoms with E-state index in [0.29, 0.717) is 47.1 Å². The molecule has 0 amide bonds. The van der Waals surface area contributed by atoms with Crippen LogP contribution < -0.4 is 42.0 Å². The van der Waals surface area contributed by atoms with E-state index in [0.717, 1.165) is 0 Å². The molecule has 0 spiro atoms. The maximum atomic E-state index is 4.83. The Balaban J connectivity index is -0.00000000500. The van der Waals surface area contributed by atoms with Crippen molar-refractivity contribution in [2.24, 2.45) is 0 Å². The normalized spacial score (nSPS) is 1.75. The van der Waals surface area contributed by atoms with Gasteiger partial charge >= 0.3 is 80.5 Å². The van der Waals surface area contributed by atoms with Crippen LogP contribution in [0.1, 0.15) is 0 Å². The van der Waals surface area contributed by atoms with Crippen LogP contribution in [0.5, 0.6) is 0 Å². The van der Waals surface area contributed by atoms with Gasteiger partial charge in [-0.1, -0.05) is 0 Å². The number of rotatable bonds is 0. The maximum Gasteiger partial charge on any atom is 1.00 e. The van der Waals surface area contributed by atoms with Gasteiger partial charge in [0.25, 0.3) is 0 Å². The van der Waals surface area contributed by atoms with Gasteiger partial charge in [0.1, 0.15) is 0 Å². The molecule has 4 heavy (non-hydrogen) atoms. The van der Waals surface area contributed by atoms with Crippen LogP contribution in [0.3, 0.4) is 0 Å². The summed E-state index contributed by atoms with van der Waals surface area (Å²) < 4.78 is 4.83. The summed E-state index contributed by atoms with van der Waals surface area (Å²) in [7, 11) is 0. The van der Waals surface area contributed by atoms with E-state index in [1.807, 2.05) is 0 Å². The third-order valence-electron chi connectivity index (χ3n) is 0. The van der Waals surface area contributed by atoms with Gasteiger partial charge in [0.05, 0.1) is 0 Å². The molecule has 0 rings (SSSR count). The molecule has 16 valence electrons. The largest absolute Gasteiger partial charge is 1.00 e. The van der Waals surface area contributed by atoms with Crippen molar-refractivity contribution in [3.63, 3.8) is 0 Å². The van der Waals surface area contributed by atoms with Crippen molar-refractivity contribution in [3.05, 3.63) is 0 Å². The van der Waals surface area contributed by atoms with Crippen LogP contribution in [0.15, 0.2) is 0 Å². The third kappa shape index (κ3) is 8.96. The molecule has 0 nitrogen and oxygen atoms in total. The van der Waals surface area contributed by atoms with Crippen LogP contribution in [0, 0.1) is 0 Å². The minimum Gasteiger partial charge on any atom is 1.00 e. The second-order valence-electron chi connectivity index (χ2n) is 0. The molecule has 0 fully saturated rings. The first-order valence-corrected chi connectivity index (χ1v) is 4.68. The molecule has 4 heteroatoms. The minimum atomic E-state index is 0. The summed E-state index contributed by atoms with van der Waals surface area (Å²) in [5.74, 6) is 0. The fraction of sp³-hybridized carbons (Fsp3) is 0. The Morgan fingerprint density at radius 3 is 1.25 bits per heavy atom. The van der Waals surface area contributed by atoms with Crippen molar-refractivity contribution >= 4 is 50.9 Å². The second-order valence-corrected chi connectivity index (χ2v) is 0. The number of hydrogen-bond acceptors (Lipinski definition) is 0. The number of halogens is 2. The first-order chi connectivity index (χ1) is 1.00. The van der Waals surface area contributed by atoms with Crippen molar-refractivity contribution in [1.82, 2.24) is 0 Å². The van der Waals surface area contributed by atoms with Gasteiger partial charge in [-0.2, -0.15) is 0 Å². The Morgan fingerprint density at radius 2 is 1.25 bits per heavy atom. The van der Waals surface area contributed by atoms with Crippen molar-refractivity contribution in [2.75, 3.05) is 0 Å². The van der Waals surface area contributed by atoms with Gasteiger partial charge in [-0.05, 0) is 0 Å². The quantitative estimate of drug-likeness (QED) is 0.289. The molecule has 0 aromatic heterocycles. The molecule has 0 aromatic carbocycles. The van der Waals surface area contributed by atoms with Crippen LogP contribution >= 0.6 is 3.76 Å². The summed E-state index contributed by atoms with van der Waals surface area (Å²) in [4.78, 5) is 0. The molecule has 0 heterocycles. The smallest absolute Gasteiger partial charge is 1.00 e. The van der Waals surface area contributed by atoms with Gasteiger partial charge in [0.2, 0.25) is 0 Å². The molecular weight excluding hydrogens is 133 g/mol. The van der Waals surface area contributed by atoms with Crippen molar-refractivity contribution in [3.8, 4) is 0 Å². The Kier molecular flexibility index (Phi) is 64.1. The summed E-state index contributed by atoms with van der Waals surface area (Å²) >= 11 is 0.535. The van der Waals surface area contributed by atoms with Crippen LogP contribution in [0.25, 0.3) is 0 Å². The molecule has 0 aliphatic carbocycles. The second kappa shape index (κ2) is 16.4. The van der Waals surface area contributed by atoms with Crippen LogP contribution in [-0.2, 0) is 0 Å². The van der Waals surface area contributed by atoms with E-state index in [9.17, 15) is 0 Å². The minimum absolute atomic E-state index is 0. The summed E-state index contributed by atoms with van der Waals surface area (Å²) in [6, 6.07) is 0. The average molecular weight is 133 g/mol. The predicted octanol–water partition coefficient (Wildman–Crippen LogP) is -5.68. The van der Waals surface area contributed by atoms with Gasteiger partial charge < -0.3 is 12.4 Å². The van der Waals surface area contributed by atoms with E-state index in [1.54, 1.807) is 0 Å². The van der Waals surface area contributed by atoms with Crippen molar-refractivity contribution < 1.29 is 42.0 Å². The fourth-order valence-corrected chi connectivity index (χ4v) is 0. The molecule has 0 bridgehead atoms. The van der Waals surface area contributed by atoms with Gasteiger partial charge in [0, 0.05) is 0 Å². The molecule has 0 atom stereocenters. The summed E-state index contributed by atoms with van der Waals surface area (Å²) in [5, 5.41) is 0. The van der Waals surface area contributed by atoms with Gasteiger partial charge in [-0.15, -0.1) is 0 Å². The van der Waals surface area contributed by atoms with E-state index in [4.69, 9.17) is 3.76 Å². The van der Waals surface area contributed by atoms with Gasteiger partial charge in [0.15, 0.2) is 0 Å². The molecule has 0 aliphatic rings. The Hall–Kier alpha value is 3.22.